The largest absolute Gasteiger partial charge is 0.484 e. The van der Waals surface area contributed by atoms with Gasteiger partial charge in [-0.15, -0.1) is 0 Å². The topological polar surface area (TPSA) is 73.6 Å². The van der Waals surface area contributed by atoms with E-state index in [1.807, 2.05) is 48.5 Å². The van der Waals surface area contributed by atoms with Crippen molar-refractivity contribution in [2.24, 2.45) is 5.73 Å². The number of rotatable bonds is 7. The average molecular weight is 348 g/mol. The van der Waals surface area contributed by atoms with Crippen LogP contribution in [0.4, 0.5) is 5.69 Å². The van der Waals surface area contributed by atoms with Crippen LogP contribution in [-0.4, -0.2) is 12.5 Å². The van der Waals surface area contributed by atoms with E-state index in [-0.39, 0.29) is 12.5 Å². The van der Waals surface area contributed by atoms with Crippen LogP contribution < -0.4 is 20.5 Å². The Bertz CT molecular complexity index is 849. The third-order valence-corrected chi connectivity index (χ3v) is 3.62. The van der Waals surface area contributed by atoms with Crippen LogP contribution in [0.25, 0.3) is 0 Å². The van der Waals surface area contributed by atoms with E-state index >= 15 is 0 Å². The third kappa shape index (κ3) is 5.09. The molecular weight excluding hydrogens is 328 g/mol. The number of nitrogens with one attached hydrogen (secondary N) is 1. The summed E-state index contributed by atoms with van der Waals surface area (Å²) in [6.07, 6.45) is 0. The van der Waals surface area contributed by atoms with Gasteiger partial charge in [-0.1, -0.05) is 30.3 Å². The fourth-order valence-corrected chi connectivity index (χ4v) is 2.34. The van der Waals surface area contributed by atoms with E-state index in [0.29, 0.717) is 23.7 Å². The lowest BCUT2D eigenvalue weighted by Crippen LogP contribution is -2.20. The van der Waals surface area contributed by atoms with Crippen molar-refractivity contribution in [2.75, 3.05) is 11.9 Å². The second-order valence-electron chi connectivity index (χ2n) is 5.63. The van der Waals surface area contributed by atoms with Crippen molar-refractivity contribution in [3.63, 3.8) is 0 Å². The second-order valence-corrected chi connectivity index (χ2v) is 5.63. The van der Waals surface area contributed by atoms with Gasteiger partial charge in [0.25, 0.3) is 5.91 Å². The van der Waals surface area contributed by atoms with Crippen LogP contribution in [0.1, 0.15) is 5.56 Å². The first-order chi connectivity index (χ1) is 12.7. The van der Waals surface area contributed by atoms with Gasteiger partial charge in [0.05, 0.1) is 0 Å². The molecule has 0 unspecified atom stereocenters. The summed E-state index contributed by atoms with van der Waals surface area (Å²) in [4.78, 5) is 12.0. The van der Waals surface area contributed by atoms with Crippen LogP contribution in [0.15, 0.2) is 78.9 Å². The summed E-state index contributed by atoms with van der Waals surface area (Å²) < 4.78 is 11.2. The Morgan fingerprint density at radius 3 is 2.27 bits per heavy atom. The molecule has 0 heterocycles. The van der Waals surface area contributed by atoms with E-state index < -0.39 is 0 Å². The van der Waals surface area contributed by atoms with Gasteiger partial charge in [0.15, 0.2) is 6.61 Å². The molecule has 132 valence electrons. The third-order valence-electron chi connectivity index (χ3n) is 3.62. The minimum atomic E-state index is -0.236. The predicted molar refractivity (Wildman–Crippen MR) is 101 cm³/mol. The molecule has 3 aromatic rings. The number of ether oxygens (including phenoxy) is 2. The van der Waals surface area contributed by atoms with Gasteiger partial charge in [-0.05, 0) is 54.1 Å². The summed E-state index contributed by atoms with van der Waals surface area (Å²) in [7, 11) is 0. The number of para-hydroxylation sites is 1. The molecule has 0 saturated carbocycles. The lowest BCUT2D eigenvalue weighted by atomic mass is 10.2. The number of anilines is 1. The first-order valence-corrected chi connectivity index (χ1v) is 8.27. The molecule has 0 aliphatic heterocycles. The second kappa shape index (κ2) is 8.69. The fourth-order valence-electron chi connectivity index (χ4n) is 2.34. The maximum atomic E-state index is 12.0. The summed E-state index contributed by atoms with van der Waals surface area (Å²) >= 11 is 0. The lowest BCUT2D eigenvalue weighted by Gasteiger charge is -2.09. The first-order valence-electron chi connectivity index (χ1n) is 8.27. The van der Waals surface area contributed by atoms with Crippen LogP contribution in [0.2, 0.25) is 0 Å². The molecule has 0 aromatic heterocycles. The molecule has 5 heteroatoms. The zero-order chi connectivity index (χ0) is 18.2. The number of carbonyl (C=O) groups excluding carboxylic acids is 1. The number of carbonyl (C=O) groups is 1. The molecule has 3 rings (SSSR count). The Morgan fingerprint density at radius 2 is 1.54 bits per heavy atom. The van der Waals surface area contributed by atoms with Crippen LogP contribution in [-0.2, 0) is 11.3 Å². The van der Waals surface area contributed by atoms with Gasteiger partial charge in [-0.25, -0.2) is 0 Å². The van der Waals surface area contributed by atoms with Crippen molar-refractivity contribution < 1.29 is 14.3 Å². The lowest BCUT2D eigenvalue weighted by molar-refractivity contribution is -0.118. The molecule has 0 aliphatic rings. The molecule has 0 bridgehead atoms. The summed E-state index contributed by atoms with van der Waals surface area (Å²) in [5.41, 5.74) is 7.22. The van der Waals surface area contributed by atoms with E-state index in [1.54, 1.807) is 30.3 Å². The minimum absolute atomic E-state index is 0.0731. The molecule has 3 aromatic carbocycles. The number of hydrogen-bond acceptors (Lipinski definition) is 4. The molecule has 0 radical (unpaired) electrons. The Balaban J connectivity index is 1.51. The molecule has 0 atom stereocenters. The fraction of sp³-hybridized carbons (Fsp3) is 0.0952. The summed E-state index contributed by atoms with van der Waals surface area (Å²) in [5, 5.41) is 2.79. The monoisotopic (exact) mass is 348 g/mol. The number of hydrogen-bond donors (Lipinski definition) is 2. The van der Waals surface area contributed by atoms with Crippen LogP contribution in [0.5, 0.6) is 17.2 Å². The van der Waals surface area contributed by atoms with Crippen LogP contribution in [0, 0.1) is 0 Å². The smallest absolute Gasteiger partial charge is 0.262 e. The number of nitrogens with two attached hydrogens (primary N) is 1. The van der Waals surface area contributed by atoms with Crippen molar-refractivity contribution in [1.29, 1.82) is 0 Å². The van der Waals surface area contributed by atoms with Crippen molar-refractivity contribution in [3.8, 4) is 17.2 Å². The van der Waals surface area contributed by atoms with E-state index in [2.05, 4.69) is 5.32 Å². The SMILES string of the molecule is NCc1cccc(OCC(=O)Nc2ccc(Oc3ccccc3)cc2)c1. The van der Waals surface area contributed by atoms with Crippen molar-refractivity contribution in [3.05, 3.63) is 84.4 Å². The van der Waals surface area contributed by atoms with Gasteiger partial charge in [0.2, 0.25) is 0 Å². The molecular formula is C21H20N2O3. The predicted octanol–water partition coefficient (Wildman–Crippen LogP) is 3.96. The molecule has 1 amide bonds. The molecule has 0 aliphatic carbocycles. The maximum absolute atomic E-state index is 12.0. The molecule has 0 spiro atoms. The van der Waals surface area contributed by atoms with Gasteiger partial charge in [-0.2, -0.15) is 0 Å². The first kappa shape index (κ1) is 17.5. The van der Waals surface area contributed by atoms with E-state index in [1.165, 1.54) is 0 Å². The standard InChI is InChI=1S/C21H20N2O3/c22-14-16-5-4-8-20(13-16)25-15-21(24)23-17-9-11-19(12-10-17)26-18-6-2-1-3-7-18/h1-13H,14-15,22H2,(H,23,24). The molecule has 3 N–H and O–H groups in total. The average Bonchev–Trinajstić information content (AvgIpc) is 2.69. The van der Waals surface area contributed by atoms with Crippen LogP contribution in [0.3, 0.4) is 0 Å². The zero-order valence-corrected chi connectivity index (χ0v) is 14.2. The van der Waals surface area contributed by atoms with Crippen molar-refractivity contribution in [2.45, 2.75) is 6.54 Å². The maximum Gasteiger partial charge on any atom is 0.262 e. The minimum Gasteiger partial charge on any atom is -0.484 e. The quantitative estimate of drug-likeness (QED) is 0.678. The van der Waals surface area contributed by atoms with E-state index in [9.17, 15) is 4.79 Å². The normalized spacial score (nSPS) is 10.2. The number of benzene rings is 3. The Labute approximate surface area is 152 Å². The summed E-state index contributed by atoms with van der Waals surface area (Å²) in [5.74, 6) is 1.84. The van der Waals surface area contributed by atoms with Crippen LogP contribution >= 0.6 is 0 Å². The Kier molecular flexibility index (Phi) is 5.85. The van der Waals surface area contributed by atoms with Gasteiger partial charge in [0, 0.05) is 12.2 Å². The van der Waals surface area contributed by atoms with Gasteiger partial charge >= 0.3 is 0 Å². The highest BCUT2D eigenvalue weighted by atomic mass is 16.5. The highest BCUT2D eigenvalue weighted by Gasteiger charge is 2.05. The summed E-state index contributed by atoms with van der Waals surface area (Å²) in [6.45, 7) is 0.358. The molecule has 0 saturated heterocycles. The van der Waals surface area contributed by atoms with Gasteiger partial charge < -0.3 is 20.5 Å². The highest BCUT2D eigenvalue weighted by Crippen LogP contribution is 2.22. The van der Waals surface area contributed by atoms with Crippen molar-refractivity contribution in [1.82, 2.24) is 0 Å². The highest BCUT2D eigenvalue weighted by molar-refractivity contribution is 5.91. The Hall–Kier alpha value is -3.31. The molecule has 0 fully saturated rings. The molecule has 5 nitrogen and oxygen atoms in total. The van der Waals surface area contributed by atoms with E-state index in [4.69, 9.17) is 15.2 Å². The van der Waals surface area contributed by atoms with E-state index in [0.717, 1.165) is 11.3 Å². The number of amides is 1. The Morgan fingerprint density at radius 1 is 0.846 bits per heavy atom. The van der Waals surface area contributed by atoms with Gasteiger partial charge in [0.1, 0.15) is 17.2 Å². The van der Waals surface area contributed by atoms with Crippen molar-refractivity contribution >= 4 is 11.6 Å². The molecule has 26 heavy (non-hydrogen) atoms. The zero-order valence-electron chi connectivity index (χ0n) is 14.2. The van der Waals surface area contributed by atoms with Gasteiger partial charge in [-0.3, -0.25) is 4.79 Å². The summed E-state index contributed by atoms with van der Waals surface area (Å²) in [6, 6.07) is 24.1.